The van der Waals surface area contributed by atoms with Gasteiger partial charge in [-0.05, 0) is 59.2 Å². The number of para-hydroxylation sites is 1. The highest BCUT2D eigenvalue weighted by Gasteiger charge is 2.38. The zero-order chi connectivity index (χ0) is 30.2. The Balaban J connectivity index is 1.33. The summed E-state index contributed by atoms with van der Waals surface area (Å²) in [6.45, 7) is 2.14. The molecule has 1 aliphatic carbocycles. The summed E-state index contributed by atoms with van der Waals surface area (Å²) in [5.41, 5.74) is 4.13. The number of rotatable bonds is 8. The third-order valence-electron chi connectivity index (χ3n) is 9.02. The first-order valence-electron chi connectivity index (χ1n) is 15.4. The predicted octanol–water partition coefficient (Wildman–Crippen LogP) is 7.37. The van der Waals surface area contributed by atoms with E-state index in [1.165, 1.54) is 5.39 Å². The minimum Gasteiger partial charge on any atom is -0.359 e. The largest absolute Gasteiger partial charge is 0.359 e. The third kappa shape index (κ3) is 4.88. The second-order valence-corrected chi connectivity index (χ2v) is 11.7. The average Bonchev–Trinajstić information content (AvgIpc) is 3.42. The maximum atomic E-state index is 14.2. The summed E-state index contributed by atoms with van der Waals surface area (Å²) in [7, 11) is 1.68. The van der Waals surface area contributed by atoms with Crippen molar-refractivity contribution < 1.29 is 9.59 Å². The van der Waals surface area contributed by atoms with Crippen LogP contribution < -0.4 is 10.6 Å². The van der Waals surface area contributed by atoms with Crippen LogP contribution in [-0.4, -0.2) is 33.4 Å². The van der Waals surface area contributed by atoms with Crippen LogP contribution >= 0.6 is 0 Å². The first kappa shape index (κ1) is 27.8. The van der Waals surface area contributed by atoms with E-state index in [9.17, 15) is 9.59 Å². The van der Waals surface area contributed by atoms with Gasteiger partial charge in [0.15, 0.2) is 0 Å². The number of hydrogen-bond donors (Lipinski definition) is 2. The minimum atomic E-state index is -0.133. The Hall–Kier alpha value is -5.04. The first-order valence-corrected chi connectivity index (χ1v) is 15.4. The Kier molecular flexibility index (Phi) is 7.30. The minimum absolute atomic E-state index is 0.0251. The number of amides is 2. The summed E-state index contributed by atoms with van der Waals surface area (Å²) in [5.74, 6) is 0.622. The van der Waals surface area contributed by atoms with Crippen molar-refractivity contribution in [2.45, 2.75) is 44.7 Å². The molecule has 7 nitrogen and oxygen atoms in total. The van der Waals surface area contributed by atoms with E-state index in [0.717, 1.165) is 57.0 Å². The lowest BCUT2D eigenvalue weighted by Crippen LogP contribution is -2.38. The van der Waals surface area contributed by atoms with Crippen LogP contribution in [0, 0.1) is 5.92 Å². The molecule has 0 radical (unpaired) electrons. The van der Waals surface area contributed by atoms with Crippen molar-refractivity contribution in [1.29, 1.82) is 0 Å². The van der Waals surface area contributed by atoms with Gasteiger partial charge in [0.1, 0.15) is 5.82 Å². The Morgan fingerprint density at radius 1 is 0.909 bits per heavy atom. The number of carbonyl (C=O) groups is 2. The smallest absolute Gasteiger partial charge is 0.253 e. The van der Waals surface area contributed by atoms with Crippen molar-refractivity contribution in [3.05, 3.63) is 108 Å². The van der Waals surface area contributed by atoms with Gasteiger partial charge in [0.05, 0.1) is 22.6 Å². The zero-order valence-electron chi connectivity index (χ0n) is 25.0. The van der Waals surface area contributed by atoms with Crippen LogP contribution in [-0.2, 0) is 4.79 Å². The number of carbonyl (C=O) groups excluding carboxylic acids is 2. The molecule has 0 saturated heterocycles. The molecule has 7 rings (SSSR count). The second-order valence-electron chi connectivity index (χ2n) is 11.7. The highest BCUT2D eigenvalue weighted by Crippen LogP contribution is 2.44. The molecule has 2 N–H and O–H groups in total. The van der Waals surface area contributed by atoms with E-state index in [1.54, 1.807) is 7.05 Å². The molecule has 1 saturated carbocycles. The zero-order valence-corrected chi connectivity index (χ0v) is 25.0. The van der Waals surface area contributed by atoms with Gasteiger partial charge in [-0.15, -0.1) is 0 Å². The highest BCUT2D eigenvalue weighted by molar-refractivity contribution is 6.07. The van der Waals surface area contributed by atoms with E-state index in [1.807, 2.05) is 60.9 Å². The van der Waals surface area contributed by atoms with E-state index in [0.29, 0.717) is 18.4 Å². The van der Waals surface area contributed by atoms with Crippen LogP contribution in [0.2, 0.25) is 0 Å². The number of aromatic nitrogens is 3. The van der Waals surface area contributed by atoms with Gasteiger partial charge < -0.3 is 15.2 Å². The summed E-state index contributed by atoms with van der Waals surface area (Å²) in [4.78, 5) is 36.3. The highest BCUT2D eigenvalue weighted by atomic mass is 16.2. The number of benzene rings is 4. The van der Waals surface area contributed by atoms with Crippen LogP contribution in [0.4, 0.5) is 0 Å². The Morgan fingerprint density at radius 2 is 1.68 bits per heavy atom. The molecule has 1 aliphatic rings. The van der Waals surface area contributed by atoms with Gasteiger partial charge in [0.2, 0.25) is 5.91 Å². The number of hydrogen-bond acceptors (Lipinski definition) is 4. The van der Waals surface area contributed by atoms with Crippen LogP contribution in [0.3, 0.4) is 0 Å². The standard InChI is InChI=1S/C37H35N5O2/c1-3-9-32(25-17-16-23-10-4-5-11-24(23)18-25)41-37(44)30-14-8-15-33-34(30)42(28-19-27(20-28)36(43)38-2)35(40-33)31-22-39-21-26-12-6-7-13-29(26)31/h4-8,10-18,21-22,27-28,32H,3,9,19-20H2,1-2H3,(H,38,43)(H,41,44)/t27?,28?,32-/m0/s1. The summed E-state index contributed by atoms with van der Waals surface area (Å²) < 4.78 is 2.19. The van der Waals surface area contributed by atoms with E-state index in [2.05, 4.69) is 63.5 Å². The number of nitrogens with one attached hydrogen (secondary N) is 2. The van der Waals surface area contributed by atoms with Crippen molar-refractivity contribution in [2.24, 2.45) is 5.92 Å². The summed E-state index contributed by atoms with van der Waals surface area (Å²) >= 11 is 0. The molecular weight excluding hydrogens is 546 g/mol. The molecule has 220 valence electrons. The number of pyridine rings is 1. The monoisotopic (exact) mass is 581 g/mol. The van der Waals surface area contributed by atoms with Crippen LogP contribution in [0.5, 0.6) is 0 Å². The lowest BCUT2D eigenvalue weighted by atomic mass is 9.79. The number of imidazole rings is 1. The van der Waals surface area contributed by atoms with E-state index in [4.69, 9.17) is 4.98 Å². The average molecular weight is 582 g/mol. The molecule has 0 unspecified atom stereocenters. The maximum absolute atomic E-state index is 14.2. The molecule has 2 aromatic heterocycles. The molecule has 1 atom stereocenters. The lowest BCUT2D eigenvalue weighted by Gasteiger charge is -2.36. The fourth-order valence-corrected chi connectivity index (χ4v) is 6.66. The fourth-order valence-electron chi connectivity index (χ4n) is 6.66. The van der Waals surface area contributed by atoms with Crippen molar-refractivity contribution in [1.82, 2.24) is 25.2 Å². The van der Waals surface area contributed by atoms with Gasteiger partial charge in [0, 0.05) is 42.4 Å². The molecule has 0 spiro atoms. The van der Waals surface area contributed by atoms with Crippen molar-refractivity contribution in [3.8, 4) is 11.4 Å². The quantitative estimate of drug-likeness (QED) is 0.196. The molecule has 6 aromatic rings. The first-order chi connectivity index (χ1) is 21.6. The van der Waals surface area contributed by atoms with Crippen molar-refractivity contribution in [2.75, 3.05) is 7.05 Å². The fraction of sp³-hybridized carbons (Fsp3) is 0.243. The molecule has 2 amide bonds. The molecule has 1 fully saturated rings. The third-order valence-corrected chi connectivity index (χ3v) is 9.02. The molecule has 0 aliphatic heterocycles. The molecular formula is C37H35N5O2. The Labute approximate surface area is 256 Å². The van der Waals surface area contributed by atoms with Gasteiger partial charge in [-0.2, -0.15) is 0 Å². The topological polar surface area (TPSA) is 88.9 Å². The summed E-state index contributed by atoms with van der Waals surface area (Å²) in [6.07, 6.45) is 6.83. The van der Waals surface area contributed by atoms with Crippen LogP contribution in [0.15, 0.2) is 97.3 Å². The van der Waals surface area contributed by atoms with Gasteiger partial charge in [-0.1, -0.05) is 80.1 Å². The molecule has 7 heteroatoms. The summed E-state index contributed by atoms with van der Waals surface area (Å²) in [5, 5.41) is 10.6. The van der Waals surface area contributed by atoms with Crippen molar-refractivity contribution in [3.63, 3.8) is 0 Å². The van der Waals surface area contributed by atoms with E-state index >= 15 is 0 Å². The van der Waals surface area contributed by atoms with E-state index in [-0.39, 0.29) is 29.8 Å². The second kappa shape index (κ2) is 11.6. The summed E-state index contributed by atoms with van der Waals surface area (Å²) in [6, 6.07) is 28.5. The molecule has 2 heterocycles. The van der Waals surface area contributed by atoms with Crippen LogP contribution in [0.1, 0.15) is 60.6 Å². The normalized spacial score (nSPS) is 17.0. The van der Waals surface area contributed by atoms with Gasteiger partial charge in [0.25, 0.3) is 5.91 Å². The Morgan fingerprint density at radius 3 is 2.48 bits per heavy atom. The van der Waals surface area contributed by atoms with Gasteiger partial charge in [-0.25, -0.2) is 4.98 Å². The van der Waals surface area contributed by atoms with Crippen molar-refractivity contribution >= 4 is 44.4 Å². The molecule has 44 heavy (non-hydrogen) atoms. The van der Waals surface area contributed by atoms with Crippen LogP contribution in [0.25, 0.3) is 44.0 Å². The number of nitrogens with zero attached hydrogens (tertiary/aromatic N) is 3. The lowest BCUT2D eigenvalue weighted by molar-refractivity contribution is -0.128. The molecule has 0 bridgehead atoms. The predicted molar refractivity (Wildman–Crippen MR) is 175 cm³/mol. The van der Waals surface area contributed by atoms with E-state index < -0.39 is 0 Å². The Bertz CT molecular complexity index is 2020. The van der Waals surface area contributed by atoms with Gasteiger partial charge in [-0.3, -0.25) is 14.6 Å². The number of fused-ring (bicyclic) bond motifs is 3. The molecule has 4 aromatic carbocycles. The maximum Gasteiger partial charge on any atom is 0.253 e. The van der Waals surface area contributed by atoms with Gasteiger partial charge >= 0.3 is 0 Å². The SMILES string of the molecule is CCC[C@H](NC(=O)c1cccc2nc(-c3cncc4ccccc34)n(C3CC(C(=O)NC)C3)c12)c1ccc2ccccc2c1.